The smallest absolute Gasteiger partial charge is 0.324 e. The van der Waals surface area contributed by atoms with E-state index in [9.17, 15) is 5.11 Å². The van der Waals surface area contributed by atoms with E-state index >= 15 is 0 Å². The number of hydrogen-bond donors (Lipinski definition) is 1. The summed E-state index contributed by atoms with van der Waals surface area (Å²) in [5, 5.41) is 13.4. The summed E-state index contributed by atoms with van der Waals surface area (Å²) < 4.78 is 5.25. The van der Waals surface area contributed by atoms with Gasteiger partial charge >= 0.3 is 6.01 Å². The van der Waals surface area contributed by atoms with Gasteiger partial charge in [-0.15, -0.1) is 0 Å². The van der Waals surface area contributed by atoms with E-state index in [-0.39, 0.29) is 11.5 Å². The molecular formula is C11H19N3O2. The third-order valence-electron chi connectivity index (χ3n) is 2.82. The Hall–Kier alpha value is -1.10. The number of hydrogen-bond acceptors (Lipinski definition) is 5. The van der Waals surface area contributed by atoms with Crippen LogP contribution in [0, 0.1) is 0 Å². The Morgan fingerprint density at radius 2 is 1.94 bits per heavy atom. The van der Waals surface area contributed by atoms with E-state index in [0.717, 1.165) is 31.8 Å². The highest BCUT2D eigenvalue weighted by molar-refractivity contribution is 5.26. The molecule has 90 valence electrons. The van der Waals surface area contributed by atoms with Crippen molar-refractivity contribution in [2.24, 2.45) is 0 Å². The first-order chi connectivity index (χ1) is 7.47. The summed E-state index contributed by atoms with van der Waals surface area (Å²) in [5.41, 5.74) is -0.0863. The van der Waals surface area contributed by atoms with Gasteiger partial charge in [-0.05, 0) is 12.8 Å². The largest absolute Gasteiger partial charge is 0.393 e. The van der Waals surface area contributed by atoms with E-state index in [1.54, 1.807) is 0 Å². The Kier molecular flexibility index (Phi) is 2.88. The molecule has 2 heterocycles. The molecule has 0 radical (unpaired) electrons. The monoisotopic (exact) mass is 225 g/mol. The summed E-state index contributed by atoms with van der Waals surface area (Å²) in [4.78, 5) is 6.43. The first-order valence-corrected chi connectivity index (χ1v) is 5.74. The molecule has 0 aliphatic carbocycles. The highest BCUT2D eigenvalue weighted by Gasteiger charge is 2.25. The van der Waals surface area contributed by atoms with Gasteiger partial charge in [0.2, 0.25) is 0 Å². The summed E-state index contributed by atoms with van der Waals surface area (Å²) in [6.45, 7) is 7.74. The molecule has 1 N–H and O–H groups in total. The fraction of sp³-hybridized carbons (Fsp3) is 0.818. The van der Waals surface area contributed by atoms with Gasteiger partial charge in [0.15, 0.2) is 5.82 Å². The van der Waals surface area contributed by atoms with Crippen LogP contribution in [0.1, 0.15) is 39.4 Å². The number of nitrogens with zero attached hydrogens (tertiary/aromatic N) is 3. The fourth-order valence-electron chi connectivity index (χ4n) is 1.71. The average Bonchev–Trinajstić information content (AvgIpc) is 2.67. The molecule has 1 aromatic heterocycles. The predicted octanol–water partition coefficient (Wildman–Crippen LogP) is 1.33. The zero-order chi connectivity index (χ0) is 11.8. The molecule has 0 spiro atoms. The van der Waals surface area contributed by atoms with Gasteiger partial charge in [-0.2, -0.15) is 4.98 Å². The number of aromatic nitrogens is 2. The molecule has 0 unspecified atom stereocenters. The molecule has 0 aromatic carbocycles. The van der Waals surface area contributed by atoms with Crippen molar-refractivity contribution in [2.45, 2.75) is 45.1 Å². The maximum absolute atomic E-state index is 9.42. The molecule has 0 saturated carbocycles. The lowest BCUT2D eigenvalue weighted by Crippen LogP contribution is -2.36. The summed E-state index contributed by atoms with van der Waals surface area (Å²) in [6, 6.07) is 0.580. The Bertz CT molecular complexity index is 348. The van der Waals surface area contributed by atoms with Crippen molar-refractivity contribution >= 4 is 6.01 Å². The first-order valence-electron chi connectivity index (χ1n) is 5.74. The maximum atomic E-state index is 9.42. The molecular weight excluding hydrogens is 206 g/mol. The Labute approximate surface area is 95.4 Å². The molecule has 2 rings (SSSR count). The number of aliphatic hydroxyl groups is 1. The lowest BCUT2D eigenvalue weighted by molar-refractivity contribution is 0.143. The molecule has 1 aromatic rings. The van der Waals surface area contributed by atoms with Gasteiger partial charge in [0.25, 0.3) is 0 Å². The van der Waals surface area contributed by atoms with Crippen LogP contribution >= 0.6 is 0 Å². The van der Waals surface area contributed by atoms with Crippen molar-refractivity contribution < 1.29 is 9.63 Å². The van der Waals surface area contributed by atoms with Gasteiger partial charge in [-0.25, -0.2) is 0 Å². The number of rotatable bonds is 1. The zero-order valence-electron chi connectivity index (χ0n) is 10.1. The van der Waals surface area contributed by atoms with Crippen molar-refractivity contribution in [3.63, 3.8) is 0 Å². The van der Waals surface area contributed by atoms with E-state index < -0.39 is 0 Å². The van der Waals surface area contributed by atoms with Crippen LogP contribution in [0.15, 0.2) is 4.52 Å². The second-order valence-corrected chi connectivity index (χ2v) is 5.37. The summed E-state index contributed by atoms with van der Waals surface area (Å²) in [5.74, 6) is 0.730. The molecule has 5 nitrogen and oxygen atoms in total. The van der Waals surface area contributed by atoms with Crippen LogP contribution in [0.25, 0.3) is 0 Å². The first kappa shape index (κ1) is 11.4. The number of piperidine rings is 1. The molecule has 0 amide bonds. The van der Waals surface area contributed by atoms with Crippen LogP contribution in [0.4, 0.5) is 6.01 Å². The van der Waals surface area contributed by atoms with E-state index in [2.05, 4.69) is 30.9 Å². The Balaban J connectivity index is 2.08. The van der Waals surface area contributed by atoms with Gasteiger partial charge in [0, 0.05) is 18.5 Å². The van der Waals surface area contributed by atoms with Gasteiger partial charge in [-0.3, -0.25) is 0 Å². The van der Waals surface area contributed by atoms with E-state index in [4.69, 9.17) is 4.52 Å². The maximum Gasteiger partial charge on any atom is 0.324 e. The lowest BCUT2D eigenvalue weighted by Gasteiger charge is -2.27. The van der Waals surface area contributed by atoms with Crippen LogP contribution in [0.5, 0.6) is 0 Å². The Morgan fingerprint density at radius 1 is 1.31 bits per heavy atom. The van der Waals surface area contributed by atoms with Crippen LogP contribution in [-0.2, 0) is 5.41 Å². The second-order valence-electron chi connectivity index (χ2n) is 5.37. The van der Waals surface area contributed by atoms with Crippen molar-refractivity contribution in [1.82, 2.24) is 10.1 Å². The highest BCUT2D eigenvalue weighted by atomic mass is 16.5. The highest BCUT2D eigenvalue weighted by Crippen LogP contribution is 2.23. The topological polar surface area (TPSA) is 62.4 Å². The molecule has 0 atom stereocenters. The normalized spacial score (nSPS) is 19.1. The summed E-state index contributed by atoms with van der Waals surface area (Å²) in [7, 11) is 0. The van der Waals surface area contributed by atoms with E-state index in [1.165, 1.54) is 0 Å². The van der Waals surface area contributed by atoms with Crippen molar-refractivity contribution in [2.75, 3.05) is 18.0 Å². The number of anilines is 1. The van der Waals surface area contributed by atoms with Gasteiger partial charge in [-0.1, -0.05) is 25.9 Å². The molecule has 16 heavy (non-hydrogen) atoms. The predicted molar refractivity (Wildman–Crippen MR) is 60.5 cm³/mol. The standard InChI is InChI=1S/C11H19N3O2/c1-11(2,3)9-12-10(16-13-9)14-6-4-8(15)5-7-14/h8,15H,4-7H2,1-3H3. The van der Waals surface area contributed by atoms with E-state index in [1.807, 2.05) is 4.90 Å². The second kappa shape index (κ2) is 4.05. The lowest BCUT2D eigenvalue weighted by atomic mass is 9.96. The molecule has 1 aliphatic heterocycles. The van der Waals surface area contributed by atoms with Crippen LogP contribution in [-0.4, -0.2) is 34.4 Å². The van der Waals surface area contributed by atoms with Gasteiger partial charge < -0.3 is 14.5 Å². The van der Waals surface area contributed by atoms with Crippen LogP contribution in [0.3, 0.4) is 0 Å². The minimum atomic E-state index is -0.179. The quantitative estimate of drug-likeness (QED) is 0.781. The molecule has 5 heteroatoms. The zero-order valence-corrected chi connectivity index (χ0v) is 10.1. The third kappa shape index (κ3) is 2.35. The van der Waals surface area contributed by atoms with Crippen molar-refractivity contribution in [3.05, 3.63) is 5.82 Å². The van der Waals surface area contributed by atoms with Gasteiger partial charge in [0.05, 0.1) is 6.10 Å². The Morgan fingerprint density at radius 3 is 2.44 bits per heavy atom. The van der Waals surface area contributed by atoms with Crippen LogP contribution < -0.4 is 4.90 Å². The average molecular weight is 225 g/mol. The summed E-state index contributed by atoms with van der Waals surface area (Å²) in [6.07, 6.45) is 1.36. The molecule has 1 aliphatic rings. The van der Waals surface area contributed by atoms with Crippen molar-refractivity contribution in [1.29, 1.82) is 0 Å². The van der Waals surface area contributed by atoms with Gasteiger partial charge in [0.1, 0.15) is 0 Å². The number of aliphatic hydroxyl groups excluding tert-OH is 1. The minimum Gasteiger partial charge on any atom is -0.393 e. The molecule has 1 saturated heterocycles. The minimum absolute atomic E-state index is 0.0863. The SMILES string of the molecule is CC(C)(C)c1noc(N2CCC(O)CC2)n1. The van der Waals surface area contributed by atoms with E-state index in [0.29, 0.717) is 6.01 Å². The van der Waals surface area contributed by atoms with Crippen LogP contribution in [0.2, 0.25) is 0 Å². The summed E-state index contributed by atoms with van der Waals surface area (Å²) >= 11 is 0. The fourth-order valence-corrected chi connectivity index (χ4v) is 1.71. The molecule has 1 fully saturated rings. The third-order valence-corrected chi connectivity index (χ3v) is 2.82. The van der Waals surface area contributed by atoms with Crippen molar-refractivity contribution in [3.8, 4) is 0 Å². The molecule has 0 bridgehead atoms.